The Hall–Kier alpha value is -2.32. The molecule has 5 nitrogen and oxygen atoms in total. The third-order valence-electron chi connectivity index (χ3n) is 3.91. The molecule has 2 atom stereocenters. The van der Waals surface area contributed by atoms with Gasteiger partial charge >= 0.3 is 12.5 Å². The van der Waals surface area contributed by atoms with Crippen LogP contribution >= 0.6 is 0 Å². The van der Waals surface area contributed by atoms with Crippen LogP contribution in [0, 0.1) is 11.7 Å². The van der Waals surface area contributed by atoms with E-state index in [9.17, 15) is 27.2 Å². The molecule has 0 aliphatic heterocycles. The predicted octanol–water partition coefficient (Wildman–Crippen LogP) is 3.40. The SMILES string of the molecule is CC1CCC[C@@](OC(N)=O)(c2cccc(OC(F)(F)F)c2F)C1=O. The lowest BCUT2D eigenvalue weighted by molar-refractivity contribution is -0.275. The lowest BCUT2D eigenvalue weighted by atomic mass is 9.73. The standard InChI is InChI=1S/C15H15F4NO4/c1-8-4-3-7-14(12(8)21,24-13(20)22)9-5-2-6-10(11(9)16)23-15(17,18)19/h2,5-6,8H,3-4,7H2,1H3,(H2,20,22)/t8?,14-/m1/s1. The topological polar surface area (TPSA) is 78.6 Å². The second kappa shape index (κ2) is 6.29. The Morgan fingerprint density at radius 1 is 1.38 bits per heavy atom. The van der Waals surface area contributed by atoms with Crippen LogP contribution < -0.4 is 10.5 Å². The first-order chi connectivity index (χ1) is 11.1. The van der Waals surface area contributed by atoms with Crippen molar-refractivity contribution < 1.29 is 36.6 Å². The number of amides is 1. The van der Waals surface area contributed by atoms with Crippen LogP contribution in [0.25, 0.3) is 0 Å². The number of ether oxygens (including phenoxy) is 2. The van der Waals surface area contributed by atoms with Crippen molar-refractivity contribution in [3.8, 4) is 5.75 Å². The average Bonchev–Trinajstić information content (AvgIpc) is 2.44. The minimum absolute atomic E-state index is 0.0779. The fourth-order valence-corrected chi connectivity index (χ4v) is 2.93. The summed E-state index contributed by atoms with van der Waals surface area (Å²) in [5.74, 6) is -3.71. The zero-order valence-electron chi connectivity index (χ0n) is 12.7. The minimum Gasteiger partial charge on any atom is -0.430 e. The molecule has 2 rings (SSSR count). The number of rotatable bonds is 3. The van der Waals surface area contributed by atoms with Gasteiger partial charge in [0.05, 0.1) is 0 Å². The van der Waals surface area contributed by atoms with Gasteiger partial charge in [0.1, 0.15) is 0 Å². The first-order valence-electron chi connectivity index (χ1n) is 7.14. The van der Waals surface area contributed by atoms with Crippen molar-refractivity contribution in [1.29, 1.82) is 0 Å². The van der Waals surface area contributed by atoms with Gasteiger partial charge in [-0.2, -0.15) is 0 Å². The zero-order chi connectivity index (χ0) is 18.1. The Bertz CT molecular complexity index is 661. The van der Waals surface area contributed by atoms with Crippen molar-refractivity contribution in [2.24, 2.45) is 11.7 Å². The smallest absolute Gasteiger partial charge is 0.430 e. The van der Waals surface area contributed by atoms with E-state index in [1.54, 1.807) is 6.92 Å². The number of benzene rings is 1. The van der Waals surface area contributed by atoms with Crippen molar-refractivity contribution in [3.05, 3.63) is 29.6 Å². The summed E-state index contributed by atoms with van der Waals surface area (Å²) in [5, 5.41) is 0. The number of carbonyl (C=O) groups excluding carboxylic acids is 2. The number of primary amides is 1. The lowest BCUT2D eigenvalue weighted by Gasteiger charge is -2.37. The summed E-state index contributed by atoms with van der Waals surface area (Å²) in [6, 6.07) is 2.93. The Morgan fingerprint density at radius 2 is 2.04 bits per heavy atom. The Morgan fingerprint density at radius 3 is 2.62 bits per heavy atom. The van der Waals surface area contributed by atoms with Crippen LogP contribution in [0.5, 0.6) is 5.75 Å². The molecular formula is C15H15F4NO4. The van der Waals surface area contributed by atoms with Crippen molar-refractivity contribution in [2.45, 2.75) is 38.1 Å². The molecule has 0 spiro atoms. The van der Waals surface area contributed by atoms with Gasteiger partial charge in [0.15, 0.2) is 23.0 Å². The van der Waals surface area contributed by atoms with Gasteiger partial charge in [-0.3, -0.25) is 4.79 Å². The maximum Gasteiger partial charge on any atom is 0.573 e. The number of hydrogen-bond acceptors (Lipinski definition) is 4. The summed E-state index contributed by atoms with van der Waals surface area (Å²) in [6.45, 7) is 1.56. The summed E-state index contributed by atoms with van der Waals surface area (Å²) < 4.78 is 60.3. The van der Waals surface area contributed by atoms with E-state index < -0.39 is 46.9 Å². The van der Waals surface area contributed by atoms with E-state index >= 15 is 0 Å². The molecule has 1 aromatic carbocycles. The van der Waals surface area contributed by atoms with E-state index in [4.69, 9.17) is 10.5 Å². The highest BCUT2D eigenvalue weighted by Gasteiger charge is 2.50. The van der Waals surface area contributed by atoms with Gasteiger partial charge in [-0.05, 0) is 25.3 Å². The molecule has 1 amide bonds. The molecule has 1 unspecified atom stereocenters. The minimum atomic E-state index is -5.11. The number of ketones is 1. The van der Waals surface area contributed by atoms with Gasteiger partial charge in [0.2, 0.25) is 0 Å². The molecule has 0 saturated heterocycles. The number of carbonyl (C=O) groups is 2. The van der Waals surface area contributed by atoms with Crippen LogP contribution in [0.4, 0.5) is 22.4 Å². The van der Waals surface area contributed by atoms with Gasteiger partial charge in [-0.1, -0.05) is 19.1 Å². The van der Waals surface area contributed by atoms with Crippen LogP contribution in [0.1, 0.15) is 31.7 Å². The van der Waals surface area contributed by atoms with Gasteiger partial charge < -0.3 is 15.2 Å². The molecular weight excluding hydrogens is 334 g/mol. The normalized spacial score (nSPS) is 24.5. The molecule has 132 valence electrons. The molecule has 9 heteroatoms. The van der Waals surface area contributed by atoms with Gasteiger partial charge in [0.25, 0.3) is 0 Å². The predicted molar refractivity (Wildman–Crippen MR) is 73.5 cm³/mol. The third kappa shape index (κ3) is 3.44. The average molecular weight is 349 g/mol. The molecule has 1 aliphatic carbocycles. The van der Waals surface area contributed by atoms with E-state index in [-0.39, 0.29) is 6.42 Å². The van der Waals surface area contributed by atoms with Crippen LogP contribution in [0.3, 0.4) is 0 Å². The lowest BCUT2D eigenvalue weighted by Crippen LogP contribution is -2.48. The highest BCUT2D eigenvalue weighted by atomic mass is 19.4. The fraction of sp³-hybridized carbons (Fsp3) is 0.467. The Kier molecular flexibility index (Phi) is 4.73. The molecule has 1 aromatic rings. The quantitative estimate of drug-likeness (QED) is 0.849. The second-order valence-electron chi connectivity index (χ2n) is 5.57. The zero-order valence-corrected chi connectivity index (χ0v) is 12.7. The maximum atomic E-state index is 14.6. The van der Waals surface area contributed by atoms with Crippen LogP contribution in [0.15, 0.2) is 18.2 Å². The number of Topliss-reactive ketones (excluding diaryl/α,β-unsaturated/α-hetero) is 1. The van der Waals surface area contributed by atoms with Gasteiger partial charge in [-0.25, -0.2) is 9.18 Å². The molecule has 0 radical (unpaired) electrons. The molecule has 24 heavy (non-hydrogen) atoms. The van der Waals surface area contributed by atoms with Gasteiger partial charge in [-0.15, -0.1) is 13.2 Å². The Labute approximate surface area is 134 Å². The molecule has 2 N–H and O–H groups in total. The van der Waals surface area contributed by atoms with Crippen molar-refractivity contribution in [3.63, 3.8) is 0 Å². The monoisotopic (exact) mass is 349 g/mol. The number of alkyl halides is 3. The first-order valence-corrected chi connectivity index (χ1v) is 7.14. The van der Waals surface area contributed by atoms with Gasteiger partial charge in [0, 0.05) is 11.5 Å². The molecule has 1 fully saturated rings. The fourth-order valence-electron chi connectivity index (χ4n) is 2.93. The highest BCUT2D eigenvalue weighted by Crippen LogP contribution is 2.43. The second-order valence-corrected chi connectivity index (χ2v) is 5.57. The number of halogens is 4. The summed E-state index contributed by atoms with van der Waals surface area (Å²) in [4.78, 5) is 23.8. The maximum absolute atomic E-state index is 14.6. The number of hydrogen-bond donors (Lipinski definition) is 1. The van der Waals surface area contributed by atoms with E-state index in [0.29, 0.717) is 12.8 Å². The molecule has 0 aromatic heterocycles. The molecule has 1 saturated carbocycles. The summed E-state index contributed by atoms with van der Waals surface area (Å²) in [5.41, 5.74) is 2.44. The van der Waals surface area contributed by atoms with Crippen molar-refractivity contribution >= 4 is 11.9 Å². The molecule has 0 heterocycles. The Balaban J connectivity index is 2.57. The first kappa shape index (κ1) is 18.0. The van der Waals surface area contributed by atoms with Crippen LogP contribution in [-0.4, -0.2) is 18.2 Å². The van der Waals surface area contributed by atoms with E-state index in [1.807, 2.05) is 0 Å². The summed E-state index contributed by atoms with van der Waals surface area (Å²) in [7, 11) is 0. The van der Waals surface area contributed by atoms with Crippen LogP contribution in [0.2, 0.25) is 0 Å². The number of nitrogens with two attached hydrogens (primary N) is 1. The van der Waals surface area contributed by atoms with E-state index in [0.717, 1.165) is 18.2 Å². The van der Waals surface area contributed by atoms with Crippen molar-refractivity contribution in [1.82, 2.24) is 0 Å². The van der Waals surface area contributed by atoms with Crippen molar-refractivity contribution in [2.75, 3.05) is 0 Å². The third-order valence-corrected chi connectivity index (χ3v) is 3.91. The van der Waals surface area contributed by atoms with Crippen LogP contribution in [-0.2, 0) is 15.1 Å². The largest absolute Gasteiger partial charge is 0.573 e. The van der Waals surface area contributed by atoms with E-state index in [2.05, 4.69) is 4.74 Å². The van der Waals surface area contributed by atoms with E-state index in [1.165, 1.54) is 0 Å². The summed E-state index contributed by atoms with van der Waals surface area (Å²) in [6.07, 6.45) is -5.61. The molecule has 1 aliphatic rings. The summed E-state index contributed by atoms with van der Waals surface area (Å²) >= 11 is 0. The molecule has 0 bridgehead atoms. The highest BCUT2D eigenvalue weighted by molar-refractivity contribution is 5.93.